The Kier molecular flexibility index (Phi) is 4.51. The second kappa shape index (κ2) is 6.80. The molecule has 4 rings (SSSR count). The molecule has 1 aromatic carbocycles. The Balaban J connectivity index is 1.55. The lowest BCUT2D eigenvalue weighted by molar-refractivity contribution is 0.713. The minimum absolute atomic E-state index is 0.407. The number of rotatable bonds is 4. The fourth-order valence-corrected chi connectivity index (χ4v) is 4.77. The second-order valence-electron chi connectivity index (χ2n) is 7.36. The molecule has 0 saturated heterocycles. The highest BCUT2D eigenvalue weighted by atomic mass is 32.2. The van der Waals surface area contributed by atoms with Gasteiger partial charge >= 0.3 is 0 Å². The Bertz CT molecular complexity index is 892. The van der Waals surface area contributed by atoms with Gasteiger partial charge in [-0.2, -0.15) is 0 Å². The van der Waals surface area contributed by atoms with Gasteiger partial charge in [0.25, 0.3) is 0 Å². The summed E-state index contributed by atoms with van der Waals surface area (Å²) in [4.78, 5) is 10.9. The maximum Gasteiger partial charge on any atom is 0.0892 e. The van der Waals surface area contributed by atoms with Crippen LogP contribution in [0.1, 0.15) is 44.4 Å². The largest absolute Gasteiger partial charge is 0.253 e. The molecule has 3 heteroatoms. The first-order valence-electron chi connectivity index (χ1n) is 9.10. The lowest BCUT2D eigenvalue weighted by Crippen LogP contribution is -2.03. The summed E-state index contributed by atoms with van der Waals surface area (Å²) in [5.74, 6) is 0.944. The molecule has 0 spiro atoms. The highest BCUT2D eigenvalue weighted by molar-refractivity contribution is 8.04. The number of fused-ring (bicyclic) bond motifs is 2. The standard InChI is InChI=1S/C22H24N2S/c1-14(2)20-13-23-18-9-8-16(11-19(18)24-20)10-15(3)22-12-17-6-4-5-7-21(17)25-22/h4-6,8-9,11-15,21H,7,10H2,1-3H3. The van der Waals surface area contributed by atoms with E-state index in [1.165, 1.54) is 16.0 Å². The third kappa shape index (κ3) is 3.43. The summed E-state index contributed by atoms with van der Waals surface area (Å²) in [5, 5.41) is 0.638. The Labute approximate surface area is 154 Å². The highest BCUT2D eigenvalue weighted by Crippen LogP contribution is 2.43. The first kappa shape index (κ1) is 16.6. The van der Waals surface area contributed by atoms with Crippen molar-refractivity contribution in [2.24, 2.45) is 5.92 Å². The van der Waals surface area contributed by atoms with E-state index in [-0.39, 0.29) is 0 Å². The number of thioether (sulfide) groups is 1. The molecule has 0 amide bonds. The van der Waals surface area contributed by atoms with E-state index in [0.717, 1.165) is 29.6 Å². The zero-order valence-electron chi connectivity index (χ0n) is 15.1. The molecule has 1 aliphatic carbocycles. The number of hydrogen-bond donors (Lipinski definition) is 0. The monoisotopic (exact) mass is 348 g/mol. The van der Waals surface area contributed by atoms with E-state index in [2.05, 4.69) is 68.3 Å². The van der Waals surface area contributed by atoms with Crippen LogP contribution in [0.5, 0.6) is 0 Å². The van der Waals surface area contributed by atoms with Crippen LogP contribution in [0.25, 0.3) is 11.0 Å². The van der Waals surface area contributed by atoms with E-state index in [0.29, 0.717) is 17.1 Å². The minimum atomic E-state index is 0.407. The number of benzene rings is 1. The molecule has 1 aromatic heterocycles. The smallest absolute Gasteiger partial charge is 0.0892 e. The van der Waals surface area contributed by atoms with Crippen molar-refractivity contribution in [3.8, 4) is 0 Å². The first-order valence-corrected chi connectivity index (χ1v) is 9.98. The van der Waals surface area contributed by atoms with Crippen LogP contribution in [0.15, 0.2) is 59.2 Å². The number of hydrogen-bond acceptors (Lipinski definition) is 3. The average Bonchev–Trinajstić information content (AvgIpc) is 3.05. The first-order chi connectivity index (χ1) is 12.1. The topological polar surface area (TPSA) is 25.8 Å². The SMILES string of the molecule is CC(Cc1ccc2ncc(C(C)C)nc2c1)C1=CC2=CC=CCC2S1. The fraction of sp³-hybridized carbons (Fsp3) is 0.364. The average molecular weight is 349 g/mol. The summed E-state index contributed by atoms with van der Waals surface area (Å²) in [6.07, 6.45) is 13.2. The predicted molar refractivity (Wildman–Crippen MR) is 108 cm³/mol. The molecule has 0 saturated carbocycles. The summed E-state index contributed by atoms with van der Waals surface area (Å²) < 4.78 is 0. The third-order valence-corrected chi connectivity index (χ3v) is 6.52. The van der Waals surface area contributed by atoms with Crippen molar-refractivity contribution in [2.75, 3.05) is 0 Å². The molecule has 2 unspecified atom stereocenters. The van der Waals surface area contributed by atoms with Gasteiger partial charge in [-0.25, -0.2) is 4.98 Å². The number of aromatic nitrogens is 2. The normalized spacial score (nSPS) is 20.6. The van der Waals surface area contributed by atoms with Crippen LogP contribution in [-0.2, 0) is 6.42 Å². The zero-order chi connectivity index (χ0) is 17.4. The van der Waals surface area contributed by atoms with Gasteiger partial charge in [-0.05, 0) is 58.9 Å². The number of nitrogens with zero attached hydrogens (tertiary/aromatic N) is 2. The molecule has 1 aliphatic heterocycles. The van der Waals surface area contributed by atoms with Gasteiger partial charge in [-0.1, -0.05) is 45.1 Å². The van der Waals surface area contributed by atoms with Gasteiger partial charge < -0.3 is 0 Å². The van der Waals surface area contributed by atoms with Crippen molar-refractivity contribution in [3.63, 3.8) is 0 Å². The van der Waals surface area contributed by atoms with Gasteiger partial charge in [0.05, 0.1) is 16.7 Å². The predicted octanol–water partition coefficient (Wildman–Crippen LogP) is 5.82. The van der Waals surface area contributed by atoms with Crippen LogP contribution in [0.2, 0.25) is 0 Å². The Morgan fingerprint density at radius 3 is 2.88 bits per heavy atom. The van der Waals surface area contributed by atoms with Crippen LogP contribution in [-0.4, -0.2) is 15.2 Å². The van der Waals surface area contributed by atoms with E-state index >= 15 is 0 Å². The second-order valence-corrected chi connectivity index (χ2v) is 8.64. The Morgan fingerprint density at radius 1 is 1.20 bits per heavy atom. The molecule has 25 heavy (non-hydrogen) atoms. The lowest BCUT2D eigenvalue weighted by Gasteiger charge is -2.15. The van der Waals surface area contributed by atoms with Gasteiger partial charge in [0.1, 0.15) is 0 Å². The molecule has 0 fully saturated rings. The summed E-state index contributed by atoms with van der Waals surface area (Å²) in [5.41, 5.74) is 5.90. The van der Waals surface area contributed by atoms with E-state index < -0.39 is 0 Å². The minimum Gasteiger partial charge on any atom is -0.253 e. The van der Waals surface area contributed by atoms with Gasteiger partial charge in [-0.3, -0.25) is 4.98 Å². The molecule has 128 valence electrons. The molecular weight excluding hydrogens is 324 g/mol. The molecule has 2 heterocycles. The van der Waals surface area contributed by atoms with Crippen LogP contribution >= 0.6 is 11.8 Å². The highest BCUT2D eigenvalue weighted by Gasteiger charge is 2.26. The lowest BCUT2D eigenvalue weighted by atomic mass is 9.97. The molecule has 0 bridgehead atoms. The van der Waals surface area contributed by atoms with E-state index in [1.54, 1.807) is 0 Å². The van der Waals surface area contributed by atoms with Crippen molar-refractivity contribution in [2.45, 2.75) is 44.8 Å². The zero-order valence-corrected chi connectivity index (χ0v) is 15.9. The van der Waals surface area contributed by atoms with Crippen LogP contribution < -0.4 is 0 Å². The Morgan fingerprint density at radius 2 is 2.08 bits per heavy atom. The summed E-state index contributed by atoms with van der Waals surface area (Å²) in [6, 6.07) is 6.53. The molecular formula is C22H24N2S. The van der Waals surface area contributed by atoms with Crippen molar-refractivity contribution >= 4 is 22.8 Å². The van der Waals surface area contributed by atoms with Gasteiger partial charge in [0.2, 0.25) is 0 Å². The van der Waals surface area contributed by atoms with Gasteiger partial charge in [0, 0.05) is 11.4 Å². The maximum absolute atomic E-state index is 4.80. The molecule has 2 aliphatic rings. The summed E-state index contributed by atoms with van der Waals surface area (Å²) >= 11 is 2.05. The molecule has 2 atom stereocenters. The summed E-state index contributed by atoms with van der Waals surface area (Å²) in [6.45, 7) is 6.66. The number of allylic oxidation sites excluding steroid dienone is 5. The molecule has 2 aromatic rings. The molecule has 2 nitrogen and oxygen atoms in total. The summed E-state index contributed by atoms with van der Waals surface area (Å²) in [7, 11) is 0. The van der Waals surface area contributed by atoms with Crippen molar-refractivity contribution in [1.82, 2.24) is 9.97 Å². The van der Waals surface area contributed by atoms with Gasteiger partial charge in [0.15, 0.2) is 0 Å². The van der Waals surface area contributed by atoms with Crippen LogP contribution in [0.3, 0.4) is 0 Å². The maximum atomic E-state index is 4.80. The van der Waals surface area contributed by atoms with E-state index in [1.807, 2.05) is 18.0 Å². The molecule has 0 radical (unpaired) electrons. The van der Waals surface area contributed by atoms with E-state index in [4.69, 9.17) is 4.98 Å². The fourth-order valence-electron chi connectivity index (χ4n) is 3.43. The van der Waals surface area contributed by atoms with Crippen molar-refractivity contribution in [1.29, 1.82) is 0 Å². The van der Waals surface area contributed by atoms with Crippen molar-refractivity contribution in [3.05, 3.63) is 70.4 Å². The van der Waals surface area contributed by atoms with Crippen LogP contribution in [0.4, 0.5) is 0 Å². The Hall–Kier alpha value is -1.87. The molecule has 0 N–H and O–H groups in total. The van der Waals surface area contributed by atoms with Crippen LogP contribution in [0, 0.1) is 5.92 Å². The third-order valence-electron chi connectivity index (χ3n) is 4.98. The van der Waals surface area contributed by atoms with Crippen molar-refractivity contribution < 1.29 is 0 Å². The van der Waals surface area contributed by atoms with E-state index in [9.17, 15) is 0 Å². The quantitative estimate of drug-likeness (QED) is 0.696. The van der Waals surface area contributed by atoms with Gasteiger partial charge in [-0.15, -0.1) is 11.8 Å².